The highest BCUT2D eigenvalue weighted by atomic mass is 35.5. The van der Waals surface area contributed by atoms with E-state index >= 15 is 0 Å². The molecule has 6 rings (SSSR count). The van der Waals surface area contributed by atoms with Crippen molar-refractivity contribution in [2.45, 2.75) is 82.8 Å². The lowest BCUT2D eigenvalue weighted by Crippen LogP contribution is -2.53. The number of methoxy groups -OCH3 is 1. The van der Waals surface area contributed by atoms with Crippen molar-refractivity contribution in [3.05, 3.63) is 88.6 Å². The van der Waals surface area contributed by atoms with Gasteiger partial charge in [0.2, 0.25) is 17.8 Å². The Morgan fingerprint density at radius 2 is 1.74 bits per heavy atom. The number of imide groups is 1. The first-order valence-corrected chi connectivity index (χ1v) is 25.9. The number of amides is 2. The average molecular weight is 937 g/mol. The molecule has 0 aliphatic carbocycles. The van der Waals surface area contributed by atoms with Crippen LogP contribution in [0, 0.1) is 11.8 Å². The third-order valence-electron chi connectivity index (χ3n) is 12.7. The monoisotopic (exact) mass is 935 g/mol. The second kappa shape index (κ2) is 25.7. The number of para-hydroxylation sites is 1. The molecule has 66 heavy (non-hydrogen) atoms. The number of benzene rings is 3. The van der Waals surface area contributed by atoms with E-state index in [2.05, 4.69) is 73.7 Å². The molecule has 3 saturated heterocycles. The predicted octanol–water partition coefficient (Wildman–Crippen LogP) is 7.30. The van der Waals surface area contributed by atoms with Crippen LogP contribution in [-0.2, 0) is 16.1 Å². The first-order chi connectivity index (χ1) is 32.1. The number of piperazine rings is 1. The first kappa shape index (κ1) is 50.3. The quantitative estimate of drug-likeness (QED) is 0.0226. The molecule has 352 valence electrons. The number of carbonyl (C=O) groups is 3. The molecule has 3 heterocycles. The molecule has 3 aromatic carbocycles. The predicted molar refractivity (Wildman–Crippen MR) is 272 cm³/mol. The maximum atomic E-state index is 12.4. The number of rotatable bonds is 18. The summed E-state index contributed by atoms with van der Waals surface area (Å²) in [6.07, 6.45) is 13.3. The van der Waals surface area contributed by atoms with Crippen LogP contribution >= 0.6 is 19.5 Å². The Balaban J connectivity index is 0.895. The van der Waals surface area contributed by atoms with E-state index in [4.69, 9.17) is 27.1 Å². The normalized spacial score (nSPS) is 18.2. The van der Waals surface area contributed by atoms with E-state index in [1.54, 1.807) is 13.2 Å². The maximum Gasteiger partial charge on any atom is 0.243 e. The van der Waals surface area contributed by atoms with Gasteiger partial charge in [-0.25, -0.2) is 9.98 Å². The Labute approximate surface area is 398 Å². The van der Waals surface area contributed by atoms with Crippen LogP contribution in [0.25, 0.3) is 0 Å². The van der Waals surface area contributed by atoms with Gasteiger partial charge in [-0.1, -0.05) is 81.0 Å². The minimum Gasteiger partial charge on any atom is -0.494 e. The Morgan fingerprint density at radius 3 is 2.47 bits per heavy atom. The summed E-state index contributed by atoms with van der Waals surface area (Å²) in [5.74, 6) is 7.16. The van der Waals surface area contributed by atoms with Crippen LogP contribution in [0.4, 0.5) is 17.1 Å². The van der Waals surface area contributed by atoms with Crippen molar-refractivity contribution in [3.8, 4) is 17.6 Å². The van der Waals surface area contributed by atoms with Crippen LogP contribution < -0.4 is 31.3 Å². The van der Waals surface area contributed by atoms with E-state index in [-0.39, 0.29) is 19.7 Å². The number of allylic oxidation sites excluding steroid dienone is 1. The molecule has 0 aromatic heterocycles. The zero-order valence-corrected chi connectivity index (χ0v) is 40.8. The number of unbranched alkanes of at least 4 members (excludes halogenated alkanes) is 5. The summed E-state index contributed by atoms with van der Waals surface area (Å²) in [4.78, 5) is 55.0. The van der Waals surface area contributed by atoms with Gasteiger partial charge in [0.05, 0.1) is 24.4 Å². The molecule has 1 atom stereocenters. The average Bonchev–Trinajstić information content (AvgIpc) is 3.33. The minimum atomic E-state index is -0.412. The fourth-order valence-corrected chi connectivity index (χ4v) is 10.0. The number of nitrogens with zero attached hydrogens (tertiary/aromatic N) is 6. The lowest BCUT2D eigenvalue weighted by Gasteiger charge is -2.43. The van der Waals surface area contributed by atoms with E-state index in [0.717, 1.165) is 107 Å². The molecule has 0 saturated carbocycles. The second-order valence-corrected chi connectivity index (χ2v) is 20.1. The number of nitrogens with two attached hydrogens (primary N) is 1. The summed E-state index contributed by atoms with van der Waals surface area (Å²) in [6.45, 7) is 12.5. The second-order valence-electron chi connectivity index (χ2n) is 17.4. The summed E-state index contributed by atoms with van der Waals surface area (Å²) in [5.41, 5.74) is 10.6. The molecular formula is C51H67ClN9O4P. The number of nitrogens with one attached hydrogen (secondary N) is 2. The zero-order chi connectivity index (χ0) is 46.8. The number of piperidine rings is 2. The number of likely N-dealkylation sites (N-methyl/N-ethyl adjacent to an activating group) is 1. The van der Waals surface area contributed by atoms with Gasteiger partial charge in [0.1, 0.15) is 17.7 Å². The topological polar surface area (TPSA) is 148 Å². The van der Waals surface area contributed by atoms with E-state index in [1.165, 1.54) is 37.0 Å². The number of ether oxygens (including phenoxy) is 1. The highest BCUT2D eigenvalue weighted by Crippen LogP contribution is 2.35. The molecule has 0 radical (unpaired) electrons. The van der Waals surface area contributed by atoms with E-state index in [9.17, 15) is 14.4 Å². The fourth-order valence-electron chi connectivity index (χ4n) is 8.96. The highest BCUT2D eigenvalue weighted by Gasteiger charge is 2.31. The van der Waals surface area contributed by atoms with Crippen LogP contribution in [0.2, 0.25) is 0 Å². The number of hydrogen-bond donors (Lipinski definition) is 3. The molecule has 15 heteroatoms. The van der Waals surface area contributed by atoms with Gasteiger partial charge in [0.15, 0.2) is 0 Å². The third-order valence-corrected chi connectivity index (χ3v) is 14.3. The van der Waals surface area contributed by atoms with Gasteiger partial charge < -0.3 is 25.6 Å². The van der Waals surface area contributed by atoms with Crippen LogP contribution in [-0.4, -0.2) is 130 Å². The Bertz CT molecular complexity index is 2280. The van der Waals surface area contributed by atoms with Crippen molar-refractivity contribution in [1.29, 1.82) is 0 Å². The van der Waals surface area contributed by atoms with Crippen molar-refractivity contribution in [1.82, 2.24) is 20.0 Å². The van der Waals surface area contributed by atoms with Crippen molar-refractivity contribution in [2.75, 3.05) is 83.5 Å². The Morgan fingerprint density at radius 1 is 0.985 bits per heavy atom. The van der Waals surface area contributed by atoms with Crippen molar-refractivity contribution < 1.29 is 19.1 Å². The molecule has 0 spiro atoms. The van der Waals surface area contributed by atoms with Crippen molar-refractivity contribution in [2.24, 2.45) is 15.7 Å². The van der Waals surface area contributed by atoms with Crippen LogP contribution in [0.1, 0.15) is 85.7 Å². The SMILES string of the molecule is COc1cc(N2CCC(N3CCN(CCCCCCCC#Cc4cccc(C=O)c4CN(C)C4CCC(=O)NC4=O)CC3)CC2)ccc1N=C(N=C/C(Cl)=C/N)Nc1ccccc1P(C)C. The number of anilines is 2. The van der Waals surface area contributed by atoms with E-state index in [1.807, 2.05) is 48.3 Å². The maximum absolute atomic E-state index is 12.4. The molecule has 13 nitrogen and oxygen atoms in total. The third kappa shape index (κ3) is 14.5. The van der Waals surface area contributed by atoms with E-state index < -0.39 is 6.04 Å². The van der Waals surface area contributed by atoms with Gasteiger partial charge >= 0.3 is 0 Å². The summed E-state index contributed by atoms with van der Waals surface area (Å²) < 4.78 is 5.87. The minimum absolute atomic E-state index is 0.238. The Kier molecular flexibility index (Phi) is 19.6. The molecule has 2 amide bonds. The molecule has 3 aromatic rings. The number of aldehydes is 1. The highest BCUT2D eigenvalue weighted by molar-refractivity contribution is 7.64. The van der Waals surface area contributed by atoms with Gasteiger partial charge in [-0.15, -0.1) is 0 Å². The lowest BCUT2D eigenvalue weighted by molar-refractivity contribution is -0.137. The van der Waals surface area contributed by atoms with Gasteiger partial charge in [0, 0.05) is 99.5 Å². The first-order valence-electron chi connectivity index (χ1n) is 23.3. The van der Waals surface area contributed by atoms with E-state index in [0.29, 0.717) is 53.4 Å². The van der Waals surface area contributed by atoms with Crippen LogP contribution in [0.3, 0.4) is 0 Å². The number of aliphatic imine (C=N–C) groups is 2. The molecule has 3 aliphatic heterocycles. The fraction of sp³-hybridized carbons (Fsp3) is 0.471. The lowest BCUT2D eigenvalue weighted by atomic mass is 9.99. The number of carbonyl (C=O) groups excluding carboxylic acids is 3. The summed E-state index contributed by atoms with van der Waals surface area (Å²) in [5, 5.41) is 7.36. The van der Waals surface area contributed by atoms with Crippen molar-refractivity contribution >= 4 is 72.2 Å². The molecule has 3 aliphatic rings. The summed E-state index contributed by atoms with van der Waals surface area (Å²) >= 11 is 6.17. The van der Waals surface area contributed by atoms with Crippen LogP contribution in [0.15, 0.2) is 81.9 Å². The smallest absolute Gasteiger partial charge is 0.243 e. The zero-order valence-electron chi connectivity index (χ0n) is 39.1. The molecular weight excluding hydrogens is 869 g/mol. The largest absolute Gasteiger partial charge is 0.494 e. The Hall–Kier alpha value is -5.09. The van der Waals surface area contributed by atoms with Crippen LogP contribution in [0.5, 0.6) is 5.75 Å². The summed E-state index contributed by atoms with van der Waals surface area (Å²) in [7, 11) is 3.17. The van der Waals surface area contributed by atoms with Crippen molar-refractivity contribution in [3.63, 3.8) is 0 Å². The van der Waals surface area contributed by atoms with Gasteiger partial charge in [-0.05, 0) is 94.2 Å². The number of hydrogen-bond acceptors (Lipinski definition) is 10. The van der Waals surface area contributed by atoms with Gasteiger partial charge in [-0.3, -0.25) is 29.5 Å². The molecule has 3 fully saturated rings. The summed E-state index contributed by atoms with van der Waals surface area (Å²) in [6, 6.07) is 20.2. The molecule has 0 bridgehead atoms. The number of halogens is 1. The molecule has 4 N–H and O–H groups in total. The number of guanidine groups is 1. The standard InChI is InChI=1S/C51H67ClN9O4P/c1-58(46-22-23-49(63)57-50(46)64)36-43-38(16-14-17-39(43)37-62)15-10-8-6-5-7-9-13-26-59-29-31-61(32-30-59)41-24-27-60(28-25-41)42-20-21-44(47(33-42)65-2)55-51(54-35-40(52)34-53)56-45-18-11-12-19-48(45)66(3)4/h11-12,14,16-21,33-35,37,41,46H,5-9,13,22-32,36,53H2,1-4H3,(H,55,56)(H,57,63,64)/b40-34-,54-35?. The van der Waals surface area contributed by atoms with Gasteiger partial charge in [-0.2, -0.15) is 0 Å². The van der Waals surface area contributed by atoms with Gasteiger partial charge in [0.25, 0.3) is 0 Å². The molecule has 1 unspecified atom stereocenters.